The lowest BCUT2D eigenvalue weighted by Crippen LogP contribution is -2.61. The maximum atomic E-state index is 14.1. The highest BCUT2D eigenvalue weighted by Gasteiger charge is 2.52. The standard InChI is InChI=1S/C27H31FN6O5/c1-3-30-14-16(2)34-22-21(24(36)23(34)27(30)38)26(37)33-15-17-6-7-18(28)13-19(17)39-12-4-5-20(35)31-8-10-32(11-9-31)25(22)29-33/h6-7,13,16,23H,3-5,8-12,14-15H2,1-2H3/t16-,23?/m0/s1. The first-order valence-corrected chi connectivity index (χ1v) is 13.5. The number of benzene rings is 1. The summed E-state index contributed by atoms with van der Waals surface area (Å²) >= 11 is 0. The zero-order valence-corrected chi connectivity index (χ0v) is 22.1. The first-order chi connectivity index (χ1) is 18.8. The summed E-state index contributed by atoms with van der Waals surface area (Å²) in [5, 5.41) is 4.75. The molecule has 12 heteroatoms. The maximum absolute atomic E-state index is 14.1. The van der Waals surface area contributed by atoms with Crippen LogP contribution in [0.3, 0.4) is 0 Å². The Morgan fingerprint density at radius 2 is 1.82 bits per heavy atom. The lowest BCUT2D eigenvalue weighted by molar-refractivity contribution is -0.133. The second-order valence-electron chi connectivity index (χ2n) is 10.5. The van der Waals surface area contributed by atoms with Gasteiger partial charge in [-0.1, -0.05) is 6.07 Å². The van der Waals surface area contributed by atoms with Gasteiger partial charge in [0.1, 0.15) is 17.1 Å². The van der Waals surface area contributed by atoms with Crippen LogP contribution in [0, 0.1) is 5.82 Å². The number of carbonyl (C=O) groups excluding carboxylic acids is 3. The quantitative estimate of drug-likeness (QED) is 0.493. The second-order valence-corrected chi connectivity index (χ2v) is 10.5. The minimum absolute atomic E-state index is 0.0147. The number of hydrogen-bond donors (Lipinski definition) is 0. The molecule has 39 heavy (non-hydrogen) atoms. The van der Waals surface area contributed by atoms with Gasteiger partial charge < -0.3 is 24.3 Å². The molecule has 206 valence electrons. The van der Waals surface area contributed by atoms with Crippen molar-refractivity contribution in [1.29, 1.82) is 0 Å². The Balaban J connectivity index is 1.52. The van der Waals surface area contributed by atoms with Gasteiger partial charge in [0.15, 0.2) is 11.9 Å². The van der Waals surface area contributed by atoms with E-state index in [1.54, 1.807) is 14.7 Å². The number of piperazine rings is 2. The fourth-order valence-electron chi connectivity index (χ4n) is 6.07. The topological polar surface area (TPSA) is 108 Å². The molecule has 5 aliphatic rings. The van der Waals surface area contributed by atoms with Gasteiger partial charge in [-0.15, -0.1) is 5.10 Å². The third-order valence-electron chi connectivity index (χ3n) is 8.10. The lowest BCUT2D eigenvalue weighted by Gasteiger charge is -2.43. The van der Waals surface area contributed by atoms with Crippen LogP contribution in [0.4, 0.5) is 15.9 Å². The Labute approximate surface area is 224 Å². The third-order valence-corrected chi connectivity index (χ3v) is 8.10. The van der Waals surface area contributed by atoms with E-state index in [-0.39, 0.29) is 42.3 Å². The number of anilines is 2. The van der Waals surface area contributed by atoms with Crippen molar-refractivity contribution in [2.24, 2.45) is 0 Å². The van der Waals surface area contributed by atoms with Crippen molar-refractivity contribution in [3.63, 3.8) is 0 Å². The number of halogens is 1. The Hall–Kier alpha value is -3.96. The second kappa shape index (κ2) is 9.65. The molecule has 11 nitrogen and oxygen atoms in total. The summed E-state index contributed by atoms with van der Waals surface area (Å²) in [7, 11) is 0. The molecule has 2 aromatic rings. The highest BCUT2D eigenvalue weighted by molar-refractivity contribution is 6.23. The minimum atomic E-state index is -1.11. The van der Waals surface area contributed by atoms with Crippen LogP contribution in [0.5, 0.6) is 5.75 Å². The monoisotopic (exact) mass is 538 g/mol. The predicted molar refractivity (Wildman–Crippen MR) is 140 cm³/mol. The number of nitrogens with zero attached hydrogens (tertiary/aromatic N) is 6. The van der Waals surface area contributed by atoms with E-state index in [1.807, 2.05) is 18.7 Å². The summed E-state index contributed by atoms with van der Waals surface area (Å²) in [6.07, 6.45) is 0.782. The van der Waals surface area contributed by atoms with E-state index < -0.39 is 23.2 Å². The molecular formula is C27H31FN6O5. The number of Topliss-reactive ketones (excluding diaryl/α,β-unsaturated/α-hetero) is 1. The van der Waals surface area contributed by atoms with Gasteiger partial charge in [0.05, 0.1) is 18.8 Å². The molecule has 0 spiro atoms. The Bertz CT molecular complexity index is 1420. The lowest BCUT2D eigenvalue weighted by atomic mass is 10.0. The average Bonchev–Trinajstić information content (AvgIpc) is 3.24. The summed E-state index contributed by atoms with van der Waals surface area (Å²) in [6.45, 7) is 6.75. The summed E-state index contributed by atoms with van der Waals surface area (Å²) < 4.78 is 21.2. The van der Waals surface area contributed by atoms with E-state index in [9.17, 15) is 23.6 Å². The van der Waals surface area contributed by atoms with E-state index >= 15 is 0 Å². The number of fused-ring (bicyclic) bond motifs is 9. The highest BCUT2D eigenvalue weighted by Crippen LogP contribution is 2.41. The third kappa shape index (κ3) is 4.12. The molecule has 0 aliphatic carbocycles. The van der Waals surface area contributed by atoms with Crippen LogP contribution in [0.25, 0.3) is 0 Å². The van der Waals surface area contributed by atoms with Crippen LogP contribution in [-0.2, 0) is 16.1 Å². The number of aromatic nitrogens is 2. The van der Waals surface area contributed by atoms with E-state index in [1.165, 1.54) is 22.9 Å². The average molecular weight is 539 g/mol. The summed E-state index contributed by atoms with van der Waals surface area (Å²) in [5.41, 5.74) is 0.272. The zero-order chi connectivity index (χ0) is 27.4. The first-order valence-electron chi connectivity index (χ1n) is 13.5. The Morgan fingerprint density at radius 3 is 2.56 bits per heavy atom. The zero-order valence-electron chi connectivity index (χ0n) is 22.1. The van der Waals surface area contributed by atoms with Gasteiger partial charge >= 0.3 is 0 Å². The molecule has 0 N–H and O–H groups in total. The molecule has 6 heterocycles. The molecule has 4 bridgehead atoms. The van der Waals surface area contributed by atoms with E-state index in [4.69, 9.17) is 9.84 Å². The van der Waals surface area contributed by atoms with Crippen LogP contribution < -0.4 is 20.1 Å². The molecule has 2 saturated heterocycles. The van der Waals surface area contributed by atoms with Crippen molar-refractivity contribution in [1.82, 2.24) is 19.6 Å². The molecule has 2 fully saturated rings. The molecule has 7 rings (SSSR count). The maximum Gasteiger partial charge on any atom is 0.280 e. The fraction of sp³-hybridized carbons (Fsp3) is 0.519. The van der Waals surface area contributed by atoms with Gasteiger partial charge in [-0.25, -0.2) is 9.07 Å². The Kier molecular flexibility index (Phi) is 6.27. The van der Waals surface area contributed by atoms with Crippen LogP contribution in [0.1, 0.15) is 42.6 Å². The SMILES string of the molecule is CCN1C[C@H](C)N2c3c4nn(c(=O)c3C(=O)C2C1=O)Cc1ccc(F)cc1OCCCC(=O)N1CCN4CC1. The number of hydrogen-bond acceptors (Lipinski definition) is 8. The predicted octanol–water partition coefficient (Wildman–Crippen LogP) is 0.874. The highest BCUT2D eigenvalue weighted by atomic mass is 19.1. The van der Waals surface area contributed by atoms with Crippen molar-refractivity contribution in [2.75, 3.05) is 55.7 Å². The molecule has 0 saturated carbocycles. The van der Waals surface area contributed by atoms with Crippen molar-refractivity contribution in [3.05, 3.63) is 45.5 Å². The van der Waals surface area contributed by atoms with Crippen molar-refractivity contribution in [2.45, 2.75) is 45.3 Å². The molecule has 2 amide bonds. The number of rotatable bonds is 1. The largest absolute Gasteiger partial charge is 0.493 e. The summed E-state index contributed by atoms with van der Waals surface area (Å²) in [5.74, 6) is -0.626. The van der Waals surface area contributed by atoms with Gasteiger partial charge in [-0.3, -0.25) is 19.2 Å². The number of carbonyl (C=O) groups is 3. The number of amides is 2. The normalized spacial score (nSPS) is 23.2. The molecule has 5 aliphatic heterocycles. The van der Waals surface area contributed by atoms with E-state index in [0.29, 0.717) is 69.2 Å². The van der Waals surface area contributed by atoms with Crippen LogP contribution in [-0.4, -0.2) is 95.1 Å². The van der Waals surface area contributed by atoms with Gasteiger partial charge in [0.25, 0.3) is 11.5 Å². The van der Waals surface area contributed by atoms with Crippen LogP contribution in [0.2, 0.25) is 0 Å². The summed E-state index contributed by atoms with van der Waals surface area (Å²) in [4.78, 5) is 61.0. The van der Waals surface area contributed by atoms with Crippen LogP contribution >= 0.6 is 0 Å². The van der Waals surface area contributed by atoms with Gasteiger partial charge in [0, 0.05) is 63.4 Å². The number of likely N-dealkylation sites (N-methyl/N-ethyl adjacent to an activating group) is 1. The van der Waals surface area contributed by atoms with E-state index in [0.717, 1.165) is 0 Å². The van der Waals surface area contributed by atoms with Gasteiger partial charge in [-0.05, 0) is 26.3 Å². The molecule has 0 radical (unpaired) electrons. The number of ether oxygens (including phenoxy) is 1. The van der Waals surface area contributed by atoms with Crippen molar-refractivity contribution >= 4 is 29.1 Å². The molecule has 2 atom stereocenters. The fourth-order valence-corrected chi connectivity index (χ4v) is 6.07. The molecule has 1 aromatic carbocycles. The molecular weight excluding hydrogens is 507 g/mol. The smallest absolute Gasteiger partial charge is 0.280 e. The summed E-state index contributed by atoms with van der Waals surface area (Å²) in [6, 6.07) is 2.75. The molecule has 1 unspecified atom stereocenters. The van der Waals surface area contributed by atoms with E-state index in [2.05, 4.69) is 0 Å². The first kappa shape index (κ1) is 25.3. The van der Waals surface area contributed by atoms with Gasteiger partial charge in [-0.2, -0.15) is 0 Å². The van der Waals surface area contributed by atoms with Crippen molar-refractivity contribution in [3.8, 4) is 5.75 Å². The van der Waals surface area contributed by atoms with Gasteiger partial charge in [0.2, 0.25) is 11.7 Å². The minimum Gasteiger partial charge on any atom is -0.493 e. The van der Waals surface area contributed by atoms with Crippen molar-refractivity contribution < 1.29 is 23.5 Å². The molecule has 1 aromatic heterocycles. The number of ketones is 1. The van der Waals surface area contributed by atoms with Crippen LogP contribution in [0.15, 0.2) is 23.0 Å². The Morgan fingerprint density at radius 1 is 1.08 bits per heavy atom.